The maximum Gasteiger partial charge on any atom is 0.251 e. The number of rotatable bonds is 6. The zero-order valence-electron chi connectivity index (χ0n) is 17.1. The average Bonchev–Trinajstić information content (AvgIpc) is 2.81. The number of carbonyl (C=O) groups is 1. The third kappa shape index (κ3) is 5.30. The lowest BCUT2D eigenvalue weighted by Gasteiger charge is -2.33. The van der Waals surface area contributed by atoms with Crippen LogP contribution in [0.25, 0.3) is 0 Å². The van der Waals surface area contributed by atoms with Crippen LogP contribution in [0.1, 0.15) is 28.8 Å². The number of hydrogen-bond donors (Lipinski definition) is 1. The molecule has 1 N–H and O–H groups in total. The van der Waals surface area contributed by atoms with Crippen LogP contribution in [0.3, 0.4) is 0 Å². The van der Waals surface area contributed by atoms with Crippen molar-refractivity contribution in [2.24, 2.45) is 0 Å². The third-order valence-electron chi connectivity index (χ3n) is 5.48. The Morgan fingerprint density at radius 2 is 1.61 bits per heavy atom. The molecule has 31 heavy (non-hydrogen) atoms. The van der Waals surface area contributed by atoms with Crippen molar-refractivity contribution in [3.8, 4) is 0 Å². The Morgan fingerprint density at radius 1 is 0.935 bits per heavy atom. The van der Waals surface area contributed by atoms with Gasteiger partial charge < -0.3 is 10.2 Å². The molecule has 0 atom stereocenters. The van der Waals surface area contributed by atoms with E-state index in [1.54, 1.807) is 60.8 Å². The summed E-state index contributed by atoms with van der Waals surface area (Å²) in [5, 5.41) is 3.10. The second-order valence-corrected chi connectivity index (χ2v) is 9.68. The van der Waals surface area contributed by atoms with Crippen molar-refractivity contribution in [1.29, 1.82) is 0 Å². The molecule has 1 fully saturated rings. The number of piperidine rings is 1. The first kappa shape index (κ1) is 21.1. The van der Waals surface area contributed by atoms with Gasteiger partial charge in [-0.3, -0.25) is 4.79 Å². The number of aromatic nitrogens is 1. The Morgan fingerprint density at radius 3 is 2.26 bits per heavy atom. The van der Waals surface area contributed by atoms with Crippen molar-refractivity contribution in [2.75, 3.05) is 18.0 Å². The average molecular weight is 436 g/mol. The van der Waals surface area contributed by atoms with Gasteiger partial charge in [0.2, 0.25) is 0 Å². The fourth-order valence-corrected chi connectivity index (χ4v) is 5.12. The Labute approximate surface area is 182 Å². The van der Waals surface area contributed by atoms with E-state index in [9.17, 15) is 13.2 Å². The molecular formula is C24H25N3O3S. The first-order valence-corrected chi connectivity index (χ1v) is 12.0. The number of benzene rings is 2. The number of amides is 1. The molecule has 160 valence electrons. The highest BCUT2D eigenvalue weighted by Crippen LogP contribution is 2.19. The molecule has 4 rings (SSSR count). The van der Waals surface area contributed by atoms with Gasteiger partial charge in [-0.2, -0.15) is 0 Å². The quantitative estimate of drug-likeness (QED) is 0.642. The minimum Gasteiger partial charge on any atom is -0.356 e. The van der Waals surface area contributed by atoms with Gasteiger partial charge in [0.15, 0.2) is 9.84 Å². The summed E-state index contributed by atoms with van der Waals surface area (Å²) in [4.78, 5) is 19.5. The lowest BCUT2D eigenvalue weighted by atomic mass is 10.0. The standard InChI is InChI=1S/C24H25N3O3S/c28-24(26-21-13-16-27(17-14-21)23-8-4-5-15-25-23)20-11-9-19(10-12-20)18-31(29,30)22-6-2-1-3-7-22/h1-12,15,21H,13-14,16-18H2,(H,26,28). The van der Waals surface area contributed by atoms with E-state index in [-0.39, 0.29) is 17.7 Å². The zero-order valence-corrected chi connectivity index (χ0v) is 18.0. The van der Waals surface area contributed by atoms with Crippen molar-refractivity contribution in [1.82, 2.24) is 10.3 Å². The van der Waals surface area contributed by atoms with Crippen molar-refractivity contribution in [2.45, 2.75) is 29.5 Å². The van der Waals surface area contributed by atoms with Crippen LogP contribution in [0.4, 0.5) is 5.82 Å². The summed E-state index contributed by atoms with van der Waals surface area (Å²) in [5.74, 6) is 0.743. The second-order valence-electron chi connectivity index (χ2n) is 7.69. The Hall–Kier alpha value is -3.19. The van der Waals surface area contributed by atoms with Crippen LogP contribution < -0.4 is 10.2 Å². The number of carbonyl (C=O) groups excluding carboxylic acids is 1. The third-order valence-corrected chi connectivity index (χ3v) is 7.18. The van der Waals surface area contributed by atoms with Crippen LogP contribution in [-0.2, 0) is 15.6 Å². The van der Waals surface area contributed by atoms with Crippen LogP contribution in [-0.4, -0.2) is 38.4 Å². The molecule has 0 spiro atoms. The molecule has 2 heterocycles. The summed E-state index contributed by atoms with van der Waals surface area (Å²) in [6.07, 6.45) is 3.50. The predicted octanol–water partition coefficient (Wildman–Crippen LogP) is 3.45. The Kier molecular flexibility index (Phi) is 6.32. The molecule has 0 saturated carbocycles. The smallest absolute Gasteiger partial charge is 0.251 e. The van der Waals surface area contributed by atoms with E-state index < -0.39 is 9.84 Å². The fraction of sp³-hybridized carbons (Fsp3) is 0.250. The molecule has 0 radical (unpaired) electrons. The van der Waals surface area contributed by atoms with Gasteiger partial charge in [0.05, 0.1) is 10.6 Å². The van der Waals surface area contributed by atoms with Gasteiger partial charge >= 0.3 is 0 Å². The minimum atomic E-state index is -3.41. The highest BCUT2D eigenvalue weighted by molar-refractivity contribution is 7.90. The monoisotopic (exact) mass is 435 g/mol. The maximum absolute atomic E-state index is 12.6. The molecule has 1 amide bonds. The van der Waals surface area contributed by atoms with Gasteiger partial charge in [0.1, 0.15) is 5.82 Å². The van der Waals surface area contributed by atoms with E-state index in [4.69, 9.17) is 0 Å². The van der Waals surface area contributed by atoms with E-state index in [2.05, 4.69) is 15.2 Å². The molecule has 0 bridgehead atoms. The molecule has 3 aromatic rings. The highest BCUT2D eigenvalue weighted by atomic mass is 32.2. The normalized spacial score (nSPS) is 14.9. The molecule has 0 aliphatic carbocycles. The van der Waals surface area contributed by atoms with Crippen molar-refractivity contribution in [3.63, 3.8) is 0 Å². The number of nitrogens with one attached hydrogen (secondary N) is 1. The summed E-state index contributed by atoms with van der Waals surface area (Å²) in [6, 6.07) is 21.2. The molecule has 1 saturated heterocycles. The van der Waals surface area contributed by atoms with Crippen molar-refractivity contribution >= 4 is 21.6 Å². The van der Waals surface area contributed by atoms with E-state index in [1.165, 1.54) is 0 Å². The summed E-state index contributed by atoms with van der Waals surface area (Å²) >= 11 is 0. The number of nitrogens with zero attached hydrogens (tertiary/aromatic N) is 2. The van der Waals surface area contributed by atoms with Gasteiger partial charge in [-0.1, -0.05) is 36.4 Å². The lowest BCUT2D eigenvalue weighted by molar-refractivity contribution is 0.0931. The van der Waals surface area contributed by atoms with Gasteiger partial charge in [-0.25, -0.2) is 13.4 Å². The van der Waals surface area contributed by atoms with Crippen molar-refractivity contribution in [3.05, 3.63) is 90.1 Å². The molecule has 1 aliphatic rings. The molecule has 6 nitrogen and oxygen atoms in total. The van der Waals surface area contributed by atoms with Crippen LogP contribution in [0, 0.1) is 0 Å². The Bertz CT molecular complexity index is 1110. The Balaban J connectivity index is 1.32. The summed E-state index contributed by atoms with van der Waals surface area (Å²) < 4.78 is 25.0. The zero-order chi connectivity index (χ0) is 21.7. The second kappa shape index (κ2) is 9.31. The van der Waals surface area contributed by atoms with E-state index in [0.717, 1.165) is 31.7 Å². The first-order valence-electron chi connectivity index (χ1n) is 10.3. The molecule has 7 heteroatoms. The highest BCUT2D eigenvalue weighted by Gasteiger charge is 2.22. The fourth-order valence-electron chi connectivity index (χ4n) is 3.75. The van der Waals surface area contributed by atoms with Crippen LogP contribution in [0.5, 0.6) is 0 Å². The number of pyridine rings is 1. The summed E-state index contributed by atoms with van der Waals surface area (Å²) in [6.45, 7) is 1.69. The molecule has 2 aromatic carbocycles. The largest absolute Gasteiger partial charge is 0.356 e. The van der Waals surface area contributed by atoms with E-state index in [0.29, 0.717) is 16.0 Å². The van der Waals surface area contributed by atoms with E-state index in [1.807, 2.05) is 18.2 Å². The molecular weight excluding hydrogens is 410 g/mol. The molecule has 1 aromatic heterocycles. The van der Waals surface area contributed by atoms with Gasteiger partial charge in [-0.15, -0.1) is 0 Å². The van der Waals surface area contributed by atoms with Gasteiger partial charge in [-0.05, 0) is 54.8 Å². The molecule has 1 aliphatic heterocycles. The summed E-state index contributed by atoms with van der Waals surface area (Å²) in [7, 11) is -3.41. The van der Waals surface area contributed by atoms with Gasteiger partial charge in [0.25, 0.3) is 5.91 Å². The number of hydrogen-bond acceptors (Lipinski definition) is 5. The minimum absolute atomic E-state index is 0.0924. The topological polar surface area (TPSA) is 79.4 Å². The van der Waals surface area contributed by atoms with Crippen LogP contribution in [0.2, 0.25) is 0 Å². The maximum atomic E-state index is 12.6. The lowest BCUT2D eigenvalue weighted by Crippen LogP contribution is -2.44. The first-order chi connectivity index (χ1) is 15.0. The number of anilines is 1. The SMILES string of the molecule is O=C(NC1CCN(c2ccccn2)CC1)c1ccc(CS(=O)(=O)c2ccccc2)cc1. The number of sulfone groups is 1. The van der Waals surface area contributed by atoms with Crippen LogP contribution in [0.15, 0.2) is 83.9 Å². The predicted molar refractivity (Wildman–Crippen MR) is 121 cm³/mol. The molecule has 0 unspecified atom stereocenters. The van der Waals surface area contributed by atoms with Crippen molar-refractivity contribution < 1.29 is 13.2 Å². The summed E-state index contributed by atoms with van der Waals surface area (Å²) in [5.41, 5.74) is 1.19. The van der Waals surface area contributed by atoms with Crippen LogP contribution >= 0.6 is 0 Å². The van der Waals surface area contributed by atoms with Gasteiger partial charge in [0, 0.05) is 30.9 Å². The van der Waals surface area contributed by atoms with E-state index >= 15 is 0 Å².